The summed E-state index contributed by atoms with van der Waals surface area (Å²) in [6, 6.07) is 5.22. The molecule has 1 aromatic heterocycles. The van der Waals surface area contributed by atoms with Gasteiger partial charge in [-0.15, -0.1) is 0 Å². The van der Waals surface area contributed by atoms with E-state index >= 15 is 0 Å². The number of hydrogen-bond donors (Lipinski definition) is 0. The van der Waals surface area contributed by atoms with Crippen LogP contribution in [0.15, 0.2) is 36.7 Å². The molecular weight excluding hydrogens is 300 g/mol. The highest BCUT2D eigenvalue weighted by Gasteiger charge is 2.43. The van der Waals surface area contributed by atoms with Gasteiger partial charge >= 0.3 is 12.5 Å². The van der Waals surface area contributed by atoms with E-state index in [1.165, 1.54) is 24.3 Å². The second-order valence-corrected chi connectivity index (χ2v) is 4.65. The van der Waals surface area contributed by atoms with Crippen molar-refractivity contribution in [1.82, 2.24) is 9.97 Å². The predicted molar refractivity (Wildman–Crippen MR) is 73.0 cm³/mol. The molecule has 0 aliphatic carbocycles. The molecule has 0 saturated heterocycles. The Bertz CT molecular complexity index is 600. The lowest BCUT2D eigenvalue weighted by Crippen LogP contribution is -2.33. The lowest BCUT2D eigenvalue weighted by atomic mass is 10.2. The number of nitrogens with zero attached hydrogens (tertiary/aromatic N) is 2. The highest BCUT2D eigenvalue weighted by molar-refractivity contribution is 5.55. The maximum Gasteiger partial charge on any atom is 0.461 e. The Balaban J connectivity index is 2.11. The number of halogens is 4. The van der Waals surface area contributed by atoms with Crippen molar-refractivity contribution < 1.29 is 22.3 Å². The van der Waals surface area contributed by atoms with Gasteiger partial charge in [-0.2, -0.15) is 17.6 Å². The molecule has 0 aliphatic rings. The minimum Gasteiger partial charge on any atom is -0.428 e. The summed E-state index contributed by atoms with van der Waals surface area (Å²) < 4.78 is 53.6. The highest BCUT2D eigenvalue weighted by atomic mass is 19.3. The third-order valence-corrected chi connectivity index (χ3v) is 2.86. The summed E-state index contributed by atoms with van der Waals surface area (Å²) in [5, 5.41) is 0. The predicted octanol–water partition coefficient (Wildman–Crippen LogP) is 4.33. The zero-order chi connectivity index (χ0) is 16.2. The highest BCUT2D eigenvalue weighted by Crippen LogP contribution is 2.28. The van der Waals surface area contributed by atoms with E-state index in [0.717, 1.165) is 18.4 Å². The van der Waals surface area contributed by atoms with E-state index < -0.39 is 12.5 Å². The first-order valence-corrected chi connectivity index (χ1v) is 6.68. The van der Waals surface area contributed by atoms with Gasteiger partial charge in [-0.25, -0.2) is 9.97 Å². The van der Waals surface area contributed by atoms with Gasteiger partial charge in [-0.1, -0.05) is 13.3 Å². The second-order valence-electron chi connectivity index (χ2n) is 4.65. The van der Waals surface area contributed by atoms with Crippen molar-refractivity contribution in [2.75, 3.05) is 0 Å². The number of aromatic nitrogens is 2. The number of rotatable bonds is 6. The molecule has 2 rings (SSSR count). The van der Waals surface area contributed by atoms with Crippen molar-refractivity contribution >= 4 is 0 Å². The van der Waals surface area contributed by atoms with Crippen LogP contribution in [-0.4, -0.2) is 22.5 Å². The normalized spacial score (nSPS) is 11.7. The smallest absolute Gasteiger partial charge is 0.428 e. The Labute approximate surface area is 125 Å². The van der Waals surface area contributed by atoms with Crippen LogP contribution >= 0.6 is 0 Å². The fourth-order valence-corrected chi connectivity index (χ4v) is 1.80. The minimum atomic E-state index is -4.51. The summed E-state index contributed by atoms with van der Waals surface area (Å²) >= 11 is 0. The van der Waals surface area contributed by atoms with Crippen molar-refractivity contribution in [3.63, 3.8) is 0 Å². The molecule has 3 nitrogen and oxygen atoms in total. The quantitative estimate of drug-likeness (QED) is 0.744. The lowest BCUT2D eigenvalue weighted by Gasteiger charge is -2.16. The molecule has 0 aliphatic heterocycles. The summed E-state index contributed by atoms with van der Waals surface area (Å²) in [4.78, 5) is 8.36. The Hall–Kier alpha value is -2.18. The van der Waals surface area contributed by atoms with E-state index in [1.54, 1.807) is 12.4 Å². The van der Waals surface area contributed by atoms with Crippen LogP contribution in [0.1, 0.15) is 18.9 Å². The van der Waals surface area contributed by atoms with E-state index in [1.807, 2.05) is 6.92 Å². The van der Waals surface area contributed by atoms with Crippen LogP contribution in [0.25, 0.3) is 11.4 Å². The molecule has 2 aromatic rings. The van der Waals surface area contributed by atoms with Crippen LogP contribution in [0, 0.1) is 0 Å². The molecule has 1 aromatic carbocycles. The molecule has 0 fully saturated rings. The van der Waals surface area contributed by atoms with Gasteiger partial charge in [0, 0.05) is 18.0 Å². The summed E-state index contributed by atoms with van der Waals surface area (Å²) in [5.74, 6) is 0.0728. The van der Waals surface area contributed by atoms with Gasteiger partial charge in [0.05, 0.1) is 0 Å². The molecule has 0 unspecified atom stereocenters. The molecule has 0 amide bonds. The molecule has 0 bridgehead atoms. The molecule has 118 valence electrons. The monoisotopic (exact) mass is 314 g/mol. The topological polar surface area (TPSA) is 35.0 Å². The van der Waals surface area contributed by atoms with Crippen molar-refractivity contribution in [3.05, 3.63) is 42.2 Å². The number of aryl methyl sites for hydroxylation is 1. The lowest BCUT2D eigenvalue weighted by molar-refractivity contribution is -0.253. The minimum absolute atomic E-state index is 0.350. The van der Waals surface area contributed by atoms with Gasteiger partial charge < -0.3 is 4.74 Å². The third kappa shape index (κ3) is 3.93. The standard InChI is InChI=1S/C15H14F4N2O/c1-2-3-10-8-20-13(21-9-10)11-4-6-12(7-5-11)22-15(18,19)14(16)17/h4-9,14H,2-3H2,1H3. The van der Waals surface area contributed by atoms with Crippen molar-refractivity contribution in [2.24, 2.45) is 0 Å². The van der Waals surface area contributed by atoms with Crippen molar-refractivity contribution in [1.29, 1.82) is 0 Å². The Kier molecular flexibility index (Phi) is 4.95. The van der Waals surface area contributed by atoms with Crippen molar-refractivity contribution in [2.45, 2.75) is 32.3 Å². The maximum absolute atomic E-state index is 12.8. The van der Waals surface area contributed by atoms with Crippen LogP contribution in [0.5, 0.6) is 5.75 Å². The Morgan fingerprint density at radius 1 is 1.09 bits per heavy atom. The number of ether oxygens (including phenoxy) is 1. The molecule has 0 radical (unpaired) electrons. The molecule has 1 heterocycles. The molecular formula is C15H14F4N2O. The van der Waals surface area contributed by atoms with Crippen molar-refractivity contribution in [3.8, 4) is 17.1 Å². The van der Waals surface area contributed by atoms with E-state index in [0.29, 0.717) is 11.4 Å². The Morgan fingerprint density at radius 3 is 2.18 bits per heavy atom. The van der Waals surface area contributed by atoms with Crippen LogP contribution < -0.4 is 4.74 Å². The third-order valence-electron chi connectivity index (χ3n) is 2.86. The summed E-state index contributed by atoms with van der Waals surface area (Å²) in [6.45, 7) is 2.04. The maximum atomic E-state index is 12.8. The summed E-state index contributed by atoms with van der Waals surface area (Å²) in [7, 11) is 0. The van der Waals surface area contributed by atoms with Crippen LogP contribution in [0.4, 0.5) is 17.6 Å². The molecule has 22 heavy (non-hydrogen) atoms. The van der Waals surface area contributed by atoms with Gasteiger partial charge in [0.25, 0.3) is 0 Å². The first-order chi connectivity index (χ1) is 10.4. The second kappa shape index (κ2) is 6.72. The van der Waals surface area contributed by atoms with Gasteiger partial charge in [-0.3, -0.25) is 0 Å². The fourth-order valence-electron chi connectivity index (χ4n) is 1.80. The van der Waals surface area contributed by atoms with Crippen LogP contribution in [0.3, 0.4) is 0 Å². The zero-order valence-corrected chi connectivity index (χ0v) is 11.8. The van der Waals surface area contributed by atoms with E-state index in [2.05, 4.69) is 14.7 Å². The molecule has 0 N–H and O–H groups in total. The number of alkyl halides is 4. The molecule has 0 spiro atoms. The van der Waals surface area contributed by atoms with Crippen LogP contribution in [0.2, 0.25) is 0 Å². The summed E-state index contributed by atoms with van der Waals surface area (Å²) in [6.07, 6.45) is -3.16. The average molecular weight is 314 g/mol. The number of hydrogen-bond acceptors (Lipinski definition) is 3. The molecule has 7 heteroatoms. The first-order valence-electron chi connectivity index (χ1n) is 6.68. The van der Waals surface area contributed by atoms with E-state index in [4.69, 9.17) is 0 Å². The van der Waals surface area contributed by atoms with Gasteiger partial charge in [0.1, 0.15) is 5.75 Å². The van der Waals surface area contributed by atoms with E-state index in [-0.39, 0.29) is 5.75 Å². The average Bonchev–Trinajstić information content (AvgIpc) is 2.49. The van der Waals surface area contributed by atoms with Gasteiger partial charge in [-0.05, 0) is 36.2 Å². The van der Waals surface area contributed by atoms with Gasteiger partial charge in [0.15, 0.2) is 5.82 Å². The summed E-state index contributed by atoms with van der Waals surface area (Å²) in [5.41, 5.74) is 1.58. The zero-order valence-electron chi connectivity index (χ0n) is 11.8. The molecule has 0 saturated carbocycles. The number of benzene rings is 1. The van der Waals surface area contributed by atoms with E-state index in [9.17, 15) is 17.6 Å². The SMILES string of the molecule is CCCc1cnc(-c2ccc(OC(F)(F)C(F)F)cc2)nc1. The van der Waals surface area contributed by atoms with Crippen LogP contribution in [-0.2, 0) is 6.42 Å². The largest absolute Gasteiger partial charge is 0.461 e. The first kappa shape index (κ1) is 16.2. The fraction of sp³-hybridized carbons (Fsp3) is 0.333. The van der Waals surface area contributed by atoms with Gasteiger partial charge in [0.2, 0.25) is 0 Å². The Morgan fingerprint density at radius 2 is 1.68 bits per heavy atom. The molecule has 0 atom stereocenters.